The fourth-order valence-corrected chi connectivity index (χ4v) is 4.55. The molecule has 0 saturated carbocycles. The van der Waals surface area contributed by atoms with Gasteiger partial charge in [-0.25, -0.2) is 4.79 Å². The van der Waals surface area contributed by atoms with Crippen LogP contribution in [0.25, 0.3) is 6.08 Å². The van der Waals surface area contributed by atoms with Gasteiger partial charge in [-0.05, 0) is 54.8 Å². The summed E-state index contributed by atoms with van der Waals surface area (Å²) in [4.78, 5) is 51.9. The van der Waals surface area contributed by atoms with E-state index in [0.29, 0.717) is 34.6 Å². The molecule has 2 aliphatic heterocycles. The summed E-state index contributed by atoms with van der Waals surface area (Å²) in [6.45, 7) is 0.763. The minimum Gasteiger partial charge on any atom is -0.493 e. The molecule has 172 valence electrons. The average Bonchev–Trinajstić information content (AvgIpc) is 3.06. The van der Waals surface area contributed by atoms with E-state index < -0.39 is 17.1 Å². The Hall–Kier alpha value is -2.53. The molecule has 0 unspecified atom stereocenters. The largest absolute Gasteiger partial charge is 0.493 e. The van der Waals surface area contributed by atoms with Crippen LogP contribution in [0, 0.1) is 0 Å². The zero-order valence-corrected chi connectivity index (χ0v) is 20.1. The molecule has 0 spiro atoms. The van der Waals surface area contributed by atoms with Crippen LogP contribution in [-0.4, -0.2) is 73.3 Å². The Morgan fingerprint density at radius 1 is 1.12 bits per heavy atom. The van der Waals surface area contributed by atoms with Gasteiger partial charge in [0.05, 0.1) is 19.1 Å². The number of halogens is 1. The Morgan fingerprint density at radius 2 is 1.84 bits per heavy atom. The minimum atomic E-state index is -0.542. The molecule has 2 heterocycles. The predicted molar refractivity (Wildman–Crippen MR) is 121 cm³/mol. The van der Waals surface area contributed by atoms with Gasteiger partial charge in [-0.2, -0.15) is 0 Å². The van der Waals surface area contributed by atoms with Crippen LogP contribution >= 0.6 is 27.7 Å². The monoisotopic (exact) mass is 526 g/mol. The third-order valence-corrected chi connectivity index (χ3v) is 6.61. The maximum absolute atomic E-state index is 12.8. The van der Waals surface area contributed by atoms with Crippen LogP contribution in [0.1, 0.15) is 24.8 Å². The molecular weight excluding hydrogens is 504 g/mol. The Morgan fingerprint density at radius 3 is 2.50 bits per heavy atom. The lowest BCUT2D eigenvalue weighted by atomic mass is 10.1. The number of amides is 3. The van der Waals surface area contributed by atoms with E-state index in [0.717, 1.165) is 35.9 Å². The summed E-state index contributed by atoms with van der Waals surface area (Å²) in [5.74, 6) is -0.629. The van der Waals surface area contributed by atoms with E-state index in [2.05, 4.69) is 20.7 Å². The van der Waals surface area contributed by atoms with E-state index in [4.69, 9.17) is 9.47 Å². The van der Waals surface area contributed by atoms with Gasteiger partial charge in [0.1, 0.15) is 6.54 Å². The highest BCUT2D eigenvalue weighted by atomic mass is 79.9. The van der Waals surface area contributed by atoms with Crippen LogP contribution in [0.3, 0.4) is 0 Å². The molecule has 2 fully saturated rings. The van der Waals surface area contributed by atoms with E-state index in [-0.39, 0.29) is 24.0 Å². The van der Waals surface area contributed by atoms with Crippen molar-refractivity contribution in [2.45, 2.75) is 19.3 Å². The number of esters is 1. The number of benzene rings is 1. The van der Waals surface area contributed by atoms with E-state index >= 15 is 0 Å². The lowest BCUT2D eigenvalue weighted by Crippen LogP contribution is -2.44. The van der Waals surface area contributed by atoms with Gasteiger partial charge < -0.3 is 19.1 Å². The highest BCUT2D eigenvalue weighted by Crippen LogP contribution is 2.38. The molecule has 9 nitrogen and oxygen atoms in total. The summed E-state index contributed by atoms with van der Waals surface area (Å²) in [5, 5.41) is -0.479. The van der Waals surface area contributed by atoms with Gasteiger partial charge >= 0.3 is 5.97 Å². The lowest BCUT2D eigenvalue weighted by molar-refractivity contribution is -0.143. The van der Waals surface area contributed by atoms with Crippen molar-refractivity contribution in [1.82, 2.24) is 9.80 Å². The number of ether oxygens (including phenoxy) is 3. The van der Waals surface area contributed by atoms with Crippen molar-refractivity contribution < 1.29 is 33.4 Å². The number of hydrogen-bond acceptors (Lipinski definition) is 8. The Labute approximate surface area is 198 Å². The number of carbonyl (C=O) groups excluding carboxylic acids is 4. The van der Waals surface area contributed by atoms with Gasteiger partial charge in [0.25, 0.3) is 11.1 Å². The summed E-state index contributed by atoms with van der Waals surface area (Å²) >= 11 is 4.19. The van der Waals surface area contributed by atoms with Crippen LogP contribution in [0.4, 0.5) is 4.79 Å². The number of piperidine rings is 1. The summed E-state index contributed by atoms with van der Waals surface area (Å²) in [6, 6.07) is 3.21. The first-order valence-corrected chi connectivity index (χ1v) is 11.5. The number of rotatable bonds is 7. The van der Waals surface area contributed by atoms with Crippen molar-refractivity contribution in [3.8, 4) is 11.5 Å². The molecule has 1 aromatic rings. The lowest BCUT2D eigenvalue weighted by Gasteiger charge is -2.27. The first-order valence-electron chi connectivity index (χ1n) is 9.94. The molecule has 0 radical (unpaired) electrons. The normalized spacial score (nSPS) is 17.7. The van der Waals surface area contributed by atoms with Gasteiger partial charge in [-0.15, -0.1) is 0 Å². The number of thioether (sulfide) groups is 1. The van der Waals surface area contributed by atoms with Crippen molar-refractivity contribution in [3.05, 3.63) is 27.1 Å². The summed E-state index contributed by atoms with van der Waals surface area (Å²) < 4.78 is 15.9. The minimum absolute atomic E-state index is 0.201. The summed E-state index contributed by atoms with van der Waals surface area (Å²) in [6.07, 6.45) is 4.50. The summed E-state index contributed by atoms with van der Waals surface area (Å²) in [5.41, 5.74) is 0.570. The van der Waals surface area contributed by atoms with Gasteiger partial charge in [0.2, 0.25) is 5.91 Å². The van der Waals surface area contributed by atoms with Gasteiger partial charge in [-0.1, -0.05) is 15.9 Å². The van der Waals surface area contributed by atoms with Crippen LogP contribution in [0.2, 0.25) is 0 Å². The number of imide groups is 1. The number of methoxy groups -OCH3 is 2. The number of carbonyl (C=O) groups is 4. The van der Waals surface area contributed by atoms with E-state index in [1.165, 1.54) is 14.2 Å². The maximum Gasteiger partial charge on any atom is 0.343 e. The predicted octanol–water partition coefficient (Wildman–Crippen LogP) is 3.06. The molecule has 0 bridgehead atoms. The van der Waals surface area contributed by atoms with E-state index in [9.17, 15) is 19.2 Å². The average molecular weight is 527 g/mol. The van der Waals surface area contributed by atoms with Crippen molar-refractivity contribution in [2.24, 2.45) is 0 Å². The smallest absolute Gasteiger partial charge is 0.343 e. The highest BCUT2D eigenvalue weighted by Gasteiger charge is 2.37. The van der Waals surface area contributed by atoms with Crippen LogP contribution < -0.4 is 9.47 Å². The molecule has 1 aromatic carbocycles. The first-order chi connectivity index (χ1) is 15.3. The molecule has 3 amide bonds. The second-order valence-electron chi connectivity index (χ2n) is 7.10. The van der Waals surface area contributed by atoms with E-state index in [1.54, 1.807) is 23.1 Å². The van der Waals surface area contributed by atoms with Crippen molar-refractivity contribution >= 4 is 56.8 Å². The molecule has 0 atom stereocenters. The molecule has 2 saturated heterocycles. The standard InChI is InChI=1S/C21H23BrN2O7S/c1-29-15-8-13(14(22)10-16(15)31-12-19(26)30-2)9-17-20(27)24(21(28)32-17)11-18(25)23-6-4-3-5-7-23/h8-10H,3-7,11-12H2,1-2H3/b17-9+. The fourth-order valence-electron chi connectivity index (χ4n) is 3.29. The van der Waals surface area contributed by atoms with Crippen molar-refractivity contribution in [1.29, 1.82) is 0 Å². The molecule has 0 N–H and O–H groups in total. The first kappa shape index (κ1) is 24.1. The Kier molecular flexibility index (Phi) is 8.19. The zero-order chi connectivity index (χ0) is 23.3. The maximum atomic E-state index is 12.8. The van der Waals surface area contributed by atoms with E-state index in [1.807, 2.05) is 0 Å². The molecule has 0 aliphatic carbocycles. The van der Waals surface area contributed by atoms with Gasteiger partial charge in [0.15, 0.2) is 18.1 Å². The third-order valence-electron chi connectivity index (χ3n) is 5.02. The fraction of sp³-hybridized carbons (Fsp3) is 0.429. The number of hydrogen-bond donors (Lipinski definition) is 0. The highest BCUT2D eigenvalue weighted by molar-refractivity contribution is 9.10. The number of likely N-dealkylation sites (tertiary alicyclic amines) is 1. The zero-order valence-electron chi connectivity index (χ0n) is 17.7. The SMILES string of the molecule is COC(=O)COc1cc(Br)c(/C=C2/SC(=O)N(CC(=O)N3CCCCC3)C2=O)cc1OC. The second kappa shape index (κ2) is 10.9. The van der Waals surface area contributed by atoms with Crippen molar-refractivity contribution in [2.75, 3.05) is 40.5 Å². The quantitative estimate of drug-likeness (QED) is 0.394. The molecule has 3 rings (SSSR count). The van der Waals surface area contributed by atoms with Gasteiger partial charge in [0, 0.05) is 17.6 Å². The second-order valence-corrected chi connectivity index (χ2v) is 8.95. The third kappa shape index (κ3) is 5.63. The molecule has 2 aliphatic rings. The van der Waals surface area contributed by atoms with Gasteiger partial charge in [-0.3, -0.25) is 19.3 Å². The van der Waals surface area contributed by atoms with Crippen molar-refractivity contribution in [3.63, 3.8) is 0 Å². The Bertz CT molecular complexity index is 960. The number of nitrogens with zero attached hydrogens (tertiary/aromatic N) is 2. The molecule has 32 heavy (non-hydrogen) atoms. The molecular formula is C21H23BrN2O7S. The van der Waals surface area contributed by atoms with Crippen LogP contribution in [0.15, 0.2) is 21.5 Å². The van der Waals surface area contributed by atoms with Crippen LogP contribution in [0.5, 0.6) is 11.5 Å². The van der Waals surface area contributed by atoms with Crippen LogP contribution in [-0.2, 0) is 19.1 Å². The topological polar surface area (TPSA) is 102 Å². The summed E-state index contributed by atoms with van der Waals surface area (Å²) in [7, 11) is 2.70. The molecule has 11 heteroatoms. The molecule has 0 aromatic heterocycles. The Balaban J connectivity index is 1.76.